The zero-order chi connectivity index (χ0) is 24.2. The topological polar surface area (TPSA) is 105 Å². The van der Waals surface area contributed by atoms with Gasteiger partial charge in [0.1, 0.15) is 6.04 Å². The van der Waals surface area contributed by atoms with Gasteiger partial charge in [0.25, 0.3) is 0 Å². The van der Waals surface area contributed by atoms with Crippen molar-refractivity contribution < 1.29 is 19.1 Å². The molecule has 4 rings (SSSR count). The average molecular weight is 506 g/mol. The van der Waals surface area contributed by atoms with E-state index in [4.69, 9.17) is 16.3 Å². The fraction of sp³-hybridized carbons (Fsp3) is 0.522. The van der Waals surface area contributed by atoms with Crippen LogP contribution in [-0.4, -0.2) is 69.6 Å². The number of halogens is 1. The van der Waals surface area contributed by atoms with Crippen LogP contribution in [0.1, 0.15) is 53.5 Å². The fourth-order valence-corrected chi connectivity index (χ4v) is 5.33. The lowest BCUT2D eigenvalue weighted by atomic mass is 10.0. The molecule has 1 aromatic heterocycles. The third kappa shape index (κ3) is 5.56. The van der Waals surface area contributed by atoms with Crippen LogP contribution >= 0.6 is 22.9 Å². The molecule has 2 amide bonds. The summed E-state index contributed by atoms with van der Waals surface area (Å²) in [6, 6.07) is 5.57. The van der Waals surface area contributed by atoms with Crippen molar-refractivity contribution in [3.63, 3.8) is 0 Å². The van der Waals surface area contributed by atoms with Crippen molar-refractivity contribution in [3.8, 4) is 0 Å². The highest BCUT2D eigenvalue weighted by Gasteiger charge is 2.41. The first-order valence-corrected chi connectivity index (χ1v) is 12.6. The number of carbonyl (C=O) groups is 3. The number of hydrogen-bond donors (Lipinski definition) is 1. The second-order valence-electron chi connectivity index (χ2n) is 8.57. The van der Waals surface area contributed by atoms with Crippen molar-refractivity contribution in [1.29, 1.82) is 0 Å². The van der Waals surface area contributed by atoms with Crippen molar-refractivity contribution >= 4 is 45.9 Å². The zero-order valence-electron chi connectivity index (χ0n) is 19.3. The molecule has 1 N–H and O–H groups in total. The van der Waals surface area contributed by atoms with Crippen LogP contribution in [0.25, 0.3) is 0 Å². The van der Waals surface area contributed by atoms with Gasteiger partial charge in [0.2, 0.25) is 22.0 Å². The smallest absolute Gasteiger partial charge is 0.369 e. The summed E-state index contributed by atoms with van der Waals surface area (Å²) >= 11 is 7.10. The predicted octanol–water partition coefficient (Wildman–Crippen LogP) is 3.27. The number of nitrogens with one attached hydrogen (secondary N) is 1. The number of amides is 2. The second kappa shape index (κ2) is 10.8. The zero-order valence-corrected chi connectivity index (χ0v) is 20.8. The molecule has 34 heavy (non-hydrogen) atoms. The first kappa shape index (κ1) is 24.6. The Hall–Kier alpha value is -2.56. The Morgan fingerprint density at radius 1 is 1.24 bits per heavy atom. The standard InChI is InChI=1S/C23H28ClN5O4S/c1-3-33-22(32)21-26-27-23(34-21)25-20(31)18-6-7-19(30)29(18)16-8-10-28(11-9-16)13-15-4-5-17(24)14(2)12-15/h4-5,12,16,18H,3,6-11,13H2,1-2H3,(H,25,27,31)/t18-/m1/s1. The number of esters is 1. The number of nitrogens with zero attached hydrogens (tertiary/aromatic N) is 4. The maximum atomic E-state index is 13.0. The molecular formula is C23H28ClN5O4S. The predicted molar refractivity (Wildman–Crippen MR) is 129 cm³/mol. The Labute approximate surface area is 207 Å². The molecule has 2 aliphatic heterocycles. The van der Waals surface area contributed by atoms with E-state index in [2.05, 4.69) is 26.5 Å². The number of likely N-dealkylation sites (tertiary alicyclic amines) is 2. The van der Waals surface area contributed by atoms with Crippen LogP contribution in [0.2, 0.25) is 5.02 Å². The van der Waals surface area contributed by atoms with E-state index in [9.17, 15) is 14.4 Å². The molecule has 0 spiro atoms. The molecule has 9 nitrogen and oxygen atoms in total. The summed E-state index contributed by atoms with van der Waals surface area (Å²) in [4.78, 5) is 41.6. The van der Waals surface area contributed by atoms with E-state index < -0.39 is 12.0 Å². The molecule has 2 aliphatic rings. The molecule has 2 fully saturated rings. The average Bonchev–Trinajstić information content (AvgIpc) is 3.44. The lowest BCUT2D eigenvalue weighted by Gasteiger charge is -2.39. The molecule has 2 aromatic rings. The SMILES string of the molecule is CCOC(=O)c1nnc(NC(=O)[C@H]2CCC(=O)N2C2CCN(Cc3ccc(Cl)c(C)c3)CC2)s1. The third-order valence-corrected chi connectivity index (χ3v) is 7.49. The Morgan fingerprint density at radius 2 is 2.00 bits per heavy atom. The Kier molecular flexibility index (Phi) is 7.80. The molecule has 0 saturated carbocycles. The highest BCUT2D eigenvalue weighted by atomic mass is 35.5. The van der Waals surface area contributed by atoms with E-state index in [0.29, 0.717) is 12.8 Å². The normalized spacial score (nSPS) is 19.4. The lowest BCUT2D eigenvalue weighted by molar-refractivity contribution is -0.136. The first-order chi connectivity index (χ1) is 16.4. The summed E-state index contributed by atoms with van der Waals surface area (Å²) in [6.45, 7) is 6.48. The largest absolute Gasteiger partial charge is 0.461 e. The van der Waals surface area contributed by atoms with Crippen LogP contribution in [0.4, 0.5) is 5.13 Å². The molecule has 0 radical (unpaired) electrons. The molecule has 1 atom stereocenters. The van der Waals surface area contributed by atoms with Gasteiger partial charge in [0, 0.05) is 37.1 Å². The van der Waals surface area contributed by atoms with E-state index in [1.807, 2.05) is 19.1 Å². The molecular weight excluding hydrogens is 478 g/mol. The van der Waals surface area contributed by atoms with Crippen molar-refractivity contribution in [3.05, 3.63) is 39.4 Å². The van der Waals surface area contributed by atoms with Gasteiger partial charge in [-0.05, 0) is 50.3 Å². The highest BCUT2D eigenvalue weighted by Crippen LogP contribution is 2.29. The van der Waals surface area contributed by atoms with Crippen LogP contribution in [0.15, 0.2) is 18.2 Å². The lowest BCUT2D eigenvalue weighted by Crippen LogP contribution is -2.51. The van der Waals surface area contributed by atoms with Gasteiger partial charge in [-0.1, -0.05) is 35.1 Å². The van der Waals surface area contributed by atoms with Crippen LogP contribution in [0.5, 0.6) is 0 Å². The van der Waals surface area contributed by atoms with Crippen LogP contribution in [-0.2, 0) is 20.9 Å². The van der Waals surface area contributed by atoms with Crippen LogP contribution < -0.4 is 5.32 Å². The first-order valence-electron chi connectivity index (χ1n) is 11.5. The van der Waals surface area contributed by atoms with Gasteiger partial charge in [-0.25, -0.2) is 4.79 Å². The minimum atomic E-state index is -0.571. The molecule has 0 bridgehead atoms. The van der Waals surface area contributed by atoms with E-state index in [0.717, 1.165) is 54.4 Å². The number of benzene rings is 1. The Balaban J connectivity index is 1.34. The van der Waals surface area contributed by atoms with Crippen molar-refractivity contribution in [2.24, 2.45) is 0 Å². The Morgan fingerprint density at radius 3 is 2.71 bits per heavy atom. The summed E-state index contributed by atoms with van der Waals surface area (Å²) in [5, 5.41) is 11.4. The maximum absolute atomic E-state index is 13.0. The van der Waals surface area contributed by atoms with Gasteiger partial charge >= 0.3 is 5.97 Å². The molecule has 3 heterocycles. The number of ether oxygens (including phenoxy) is 1. The van der Waals surface area contributed by atoms with Crippen molar-refractivity contribution in [2.75, 3.05) is 25.0 Å². The van der Waals surface area contributed by atoms with Crippen LogP contribution in [0.3, 0.4) is 0 Å². The van der Waals surface area contributed by atoms with Gasteiger partial charge in [0.15, 0.2) is 0 Å². The Bertz CT molecular complexity index is 1070. The number of piperidine rings is 1. The third-order valence-electron chi connectivity index (χ3n) is 6.24. The van der Waals surface area contributed by atoms with Crippen LogP contribution in [0, 0.1) is 6.92 Å². The summed E-state index contributed by atoms with van der Waals surface area (Å²) in [7, 11) is 0. The minimum Gasteiger partial charge on any atom is -0.461 e. The quantitative estimate of drug-likeness (QED) is 0.576. The monoisotopic (exact) mass is 505 g/mol. The molecule has 2 saturated heterocycles. The van der Waals surface area contributed by atoms with Gasteiger partial charge in [-0.15, -0.1) is 10.2 Å². The molecule has 1 aromatic carbocycles. The van der Waals surface area contributed by atoms with E-state index in [1.165, 1.54) is 5.56 Å². The number of hydrogen-bond acceptors (Lipinski definition) is 8. The summed E-state index contributed by atoms with van der Waals surface area (Å²) in [5.74, 6) is -0.855. The van der Waals surface area contributed by atoms with Gasteiger partial charge in [-0.2, -0.15) is 0 Å². The fourth-order valence-electron chi connectivity index (χ4n) is 4.57. The van der Waals surface area contributed by atoms with Gasteiger partial charge in [-0.3, -0.25) is 19.8 Å². The molecule has 0 unspecified atom stereocenters. The van der Waals surface area contributed by atoms with Crippen molar-refractivity contribution in [1.82, 2.24) is 20.0 Å². The molecule has 0 aliphatic carbocycles. The molecule has 11 heteroatoms. The minimum absolute atomic E-state index is 0.0106. The molecule has 182 valence electrons. The van der Waals surface area contributed by atoms with Crippen molar-refractivity contribution in [2.45, 2.75) is 58.2 Å². The number of rotatable bonds is 7. The maximum Gasteiger partial charge on any atom is 0.369 e. The summed E-state index contributed by atoms with van der Waals surface area (Å²) < 4.78 is 4.91. The van der Waals surface area contributed by atoms with E-state index in [-0.39, 0.29) is 34.6 Å². The highest BCUT2D eigenvalue weighted by molar-refractivity contribution is 7.17. The van der Waals surface area contributed by atoms with Gasteiger partial charge < -0.3 is 9.64 Å². The summed E-state index contributed by atoms with van der Waals surface area (Å²) in [5.41, 5.74) is 2.28. The van der Waals surface area contributed by atoms with E-state index in [1.54, 1.807) is 11.8 Å². The van der Waals surface area contributed by atoms with Gasteiger partial charge in [0.05, 0.1) is 6.61 Å². The van der Waals surface area contributed by atoms with E-state index >= 15 is 0 Å². The number of aromatic nitrogens is 2. The number of carbonyl (C=O) groups excluding carboxylic acids is 3. The number of anilines is 1. The second-order valence-corrected chi connectivity index (χ2v) is 9.95. The summed E-state index contributed by atoms with van der Waals surface area (Å²) in [6.07, 6.45) is 2.45. The number of aryl methyl sites for hydroxylation is 1.